The molecule has 0 radical (unpaired) electrons. The van der Waals surface area contributed by atoms with Crippen molar-refractivity contribution in [3.63, 3.8) is 0 Å². The van der Waals surface area contributed by atoms with E-state index in [-0.39, 0.29) is 0 Å². The number of anilines is 3. The van der Waals surface area contributed by atoms with Gasteiger partial charge in [-0.3, -0.25) is 0 Å². The SMILES string of the molecule is CN1CCN(c2nccnc2C#N)c2ccccc21. The molecule has 1 aliphatic heterocycles. The highest BCUT2D eigenvalue weighted by atomic mass is 15.3. The topological polar surface area (TPSA) is 56.1 Å². The predicted molar refractivity (Wildman–Crippen MR) is 73.5 cm³/mol. The smallest absolute Gasteiger partial charge is 0.183 e. The highest BCUT2D eigenvalue weighted by Gasteiger charge is 2.24. The summed E-state index contributed by atoms with van der Waals surface area (Å²) >= 11 is 0. The molecule has 5 heteroatoms. The first-order valence-electron chi connectivity index (χ1n) is 6.10. The Morgan fingerprint density at radius 3 is 2.63 bits per heavy atom. The summed E-state index contributed by atoms with van der Waals surface area (Å²) in [5.41, 5.74) is 2.57. The van der Waals surface area contributed by atoms with E-state index in [4.69, 9.17) is 5.26 Å². The highest BCUT2D eigenvalue weighted by molar-refractivity contribution is 5.79. The number of nitrogens with zero attached hydrogens (tertiary/aromatic N) is 5. The van der Waals surface area contributed by atoms with E-state index >= 15 is 0 Å². The minimum Gasteiger partial charge on any atom is -0.371 e. The van der Waals surface area contributed by atoms with Crippen molar-refractivity contribution in [2.24, 2.45) is 0 Å². The summed E-state index contributed by atoms with van der Waals surface area (Å²) in [5.74, 6) is 0.630. The van der Waals surface area contributed by atoms with Gasteiger partial charge in [-0.25, -0.2) is 9.97 Å². The van der Waals surface area contributed by atoms with Gasteiger partial charge in [0.1, 0.15) is 6.07 Å². The Morgan fingerprint density at radius 2 is 1.84 bits per heavy atom. The molecule has 0 N–H and O–H groups in total. The average molecular weight is 251 g/mol. The molecule has 0 aliphatic carbocycles. The van der Waals surface area contributed by atoms with Gasteiger partial charge >= 0.3 is 0 Å². The Kier molecular flexibility index (Phi) is 2.76. The molecule has 0 amide bonds. The van der Waals surface area contributed by atoms with Crippen molar-refractivity contribution >= 4 is 17.2 Å². The fourth-order valence-electron chi connectivity index (χ4n) is 2.33. The fraction of sp³-hybridized carbons (Fsp3) is 0.214. The standard InChI is InChI=1S/C14H13N5/c1-18-8-9-19(13-5-3-2-4-12(13)18)14-11(10-15)16-6-7-17-14/h2-7H,8-9H2,1H3. The zero-order valence-electron chi connectivity index (χ0n) is 10.6. The number of likely N-dealkylation sites (N-methyl/N-ethyl adjacent to an activating group) is 1. The molecule has 2 aromatic rings. The van der Waals surface area contributed by atoms with E-state index in [0.29, 0.717) is 11.5 Å². The molecule has 19 heavy (non-hydrogen) atoms. The molecular weight excluding hydrogens is 238 g/mol. The maximum absolute atomic E-state index is 9.16. The van der Waals surface area contributed by atoms with Crippen molar-refractivity contribution in [2.45, 2.75) is 0 Å². The van der Waals surface area contributed by atoms with Crippen LogP contribution in [-0.4, -0.2) is 30.1 Å². The molecule has 5 nitrogen and oxygen atoms in total. The zero-order valence-corrected chi connectivity index (χ0v) is 10.6. The number of hydrogen-bond donors (Lipinski definition) is 0. The van der Waals surface area contributed by atoms with Gasteiger partial charge in [0.15, 0.2) is 11.5 Å². The summed E-state index contributed by atoms with van der Waals surface area (Å²) in [6.45, 7) is 1.68. The summed E-state index contributed by atoms with van der Waals surface area (Å²) < 4.78 is 0. The first-order valence-corrected chi connectivity index (χ1v) is 6.10. The van der Waals surface area contributed by atoms with Gasteiger partial charge in [-0.15, -0.1) is 0 Å². The lowest BCUT2D eigenvalue weighted by molar-refractivity contribution is 0.809. The molecule has 1 aliphatic rings. The molecule has 0 unspecified atom stereocenters. The number of benzene rings is 1. The first-order chi connectivity index (χ1) is 9.31. The van der Waals surface area contributed by atoms with Crippen LogP contribution < -0.4 is 9.80 Å². The van der Waals surface area contributed by atoms with E-state index < -0.39 is 0 Å². The van der Waals surface area contributed by atoms with Crippen molar-refractivity contribution in [1.82, 2.24) is 9.97 Å². The van der Waals surface area contributed by atoms with Crippen molar-refractivity contribution in [3.05, 3.63) is 42.4 Å². The molecule has 0 saturated heterocycles. The molecular formula is C14H13N5. The number of nitriles is 1. The van der Waals surface area contributed by atoms with Gasteiger partial charge in [-0.05, 0) is 12.1 Å². The normalized spacial score (nSPS) is 13.9. The quantitative estimate of drug-likeness (QED) is 0.775. The first kappa shape index (κ1) is 11.5. The van der Waals surface area contributed by atoms with Crippen LogP contribution in [0.5, 0.6) is 0 Å². The molecule has 0 saturated carbocycles. The Hall–Kier alpha value is -2.61. The second-order valence-corrected chi connectivity index (χ2v) is 4.40. The largest absolute Gasteiger partial charge is 0.371 e. The molecule has 3 rings (SSSR count). The highest BCUT2D eigenvalue weighted by Crippen LogP contribution is 2.36. The van der Waals surface area contributed by atoms with Crippen molar-refractivity contribution in [2.75, 3.05) is 29.9 Å². The third kappa shape index (κ3) is 1.87. The summed E-state index contributed by atoms with van der Waals surface area (Å²) in [6.07, 6.45) is 3.17. The fourth-order valence-corrected chi connectivity index (χ4v) is 2.33. The average Bonchev–Trinajstić information content (AvgIpc) is 2.48. The maximum atomic E-state index is 9.16. The molecule has 2 heterocycles. The minimum atomic E-state index is 0.363. The lowest BCUT2D eigenvalue weighted by Gasteiger charge is -2.36. The van der Waals surface area contributed by atoms with Crippen molar-refractivity contribution in [1.29, 1.82) is 5.26 Å². The summed E-state index contributed by atoms with van der Waals surface area (Å²) in [4.78, 5) is 12.7. The predicted octanol–water partition coefficient (Wildman–Crippen LogP) is 1.94. The van der Waals surface area contributed by atoms with E-state index in [1.165, 1.54) is 0 Å². The van der Waals surface area contributed by atoms with E-state index in [9.17, 15) is 0 Å². The van der Waals surface area contributed by atoms with Crippen LogP contribution in [0.15, 0.2) is 36.7 Å². The lowest BCUT2D eigenvalue weighted by Crippen LogP contribution is -2.37. The van der Waals surface area contributed by atoms with Crippen LogP contribution >= 0.6 is 0 Å². The number of hydrogen-bond acceptors (Lipinski definition) is 5. The number of aromatic nitrogens is 2. The van der Waals surface area contributed by atoms with E-state index in [0.717, 1.165) is 24.5 Å². The van der Waals surface area contributed by atoms with Crippen LogP contribution in [0, 0.1) is 11.3 Å². The lowest BCUT2D eigenvalue weighted by atomic mass is 10.1. The van der Waals surface area contributed by atoms with Gasteiger partial charge in [0.2, 0.25) is 0 Å². The van der Waals surface area contributed by atoms with Gasteiger partial charge in [0, 0.05) is 32.5 Å². The third-order valence-electron chi connectivity index (χ3n) is 3.28. The second-order valence-electron chi connectivity index (χ2n) is 4.40. The Bertz CT molecular complexity index is 646. The summed E-state index contributed by atoms with van der Waals surface area (Å²) in [7, 11) is 2.07. The van der Waals surface area contributed by atoms with Crippen LogP contribution in [0.2, 0.25) is 0 Å². The Labute approximate surface area is 111 Å². The van der Waals surface area contributed by atoms with Crippen LogP contribution in [0.4, 0.5) is 17.2 Å². The Balaban J connectivity index is 2.13. The number of rotatable bonds is 1. The van der Waals surface area contributed by atoms with Gasteiger partial charge in [-0.1, -0.05) is 12.1 Å². The van der Waals surface area contributed by atoms with Crippen LogP contribution in [0.25, 0.3) is 0 Å². The molecule has 1 aromatic carbocycles. The molecule has 94 valence electrons. The molecule has 0 atom stereocenters. The van der Waals surface area contributed by atoms with Gasteiger partial charge in [-0.2, -0.15) is 5.26 Å². The number of fused-ring (bicyclic) bond motifs is 1. The van der Waals surface area contributed by atoms with Crippen molar-refractivity contribution < 1.29 is 0 Å². The van der Waals surface area contributed by atoms with Crippen molar-refractivity contribution in [3.8, 4) is 6.07 Å². The summed E-state index contributed by atoms with van der Waals surface area (Å²) in [6, 6.07) is 10.2. The van der Waals surface area contributed by atoms with E-state index in [1.54, 1.807) is 12.4 Å². The maximum Gasteiger partial charge on any atom is 0.183 e. The van der Waals surface area contributed by atoms with E-state index in [2.05, 4.69) is 39.0 Å². The van der Waals surface area contributed by atoms with Gasteiger partial charge < -0.3 is 9.80 Å². The number of para-hydroxylation sites is 2. The van der Waals surface area contributed by atoms with Crippen LogP contribution in [0.1, 0.15) is 5.69 Å². The van der Waals surface area contributed by atoms with Crippen LogP contribution in [0.3, 0.4) is 0 Å². The summed E-state index contributed by atoms with van der Waals surface area (Å²) in [5, 5.41) is 9.16. The molecule has 0 bridgehead atoms. The van der Waals surface area contributed by atoms with Gasteiger partial charge in [0.25, 0.3) is 0 Å². The molecule has 0 fully saturated rings. The second kappa shape index (κ2) is 4.58. The third-order valence-corrected chi connectivity index (χ3v) is 3.28. The van der Waals surface area contributed by atoms with Gasteiger partial charge in [0.05, 0.1) is 11.4 Å². The molecule has 1 aromatic heterocycles. The monoisotopic (exact) mass is 251 g/mol. The Morgan fingerprint density at radius 1 is 1.11 bits per heavy atom. The minimum absolute atomic E-state index is 0.363. The zero-order chi connectivity index (χ0) is 13.2. The molecule has 0 spiro atoms. The van der Waals surface area contributed by atoms with E-state index in [1.807, 2.05) is 18.2 Å². The van der Waals surface area contributed by atoms with Crippen LogP contribution in [-0.2, 0) is 0 Å².